The molecule has 0 N–H and O–H groups in total. The molecule has 11 nitrogen and oxygen atoms in total. The number of esters is 1. The Bertz CT molecular complexity index is 1810. The van der Waals surface area contributed by atoms with Crippen molar-refractivity contribution < 1.29 is 23.5 Å². The summed E-state index contributed by atoms with van der Waals surface area (Å²) in [4.78, 5) is 35.4. The number of fused-ring (bicyclic) bond motifs is 3. The van der Waals surface area contributed by atoms with Crippen LogP contribution in [0, 0.1) is 13.8 Å². The van der Waals surface area contributed by atoms with Crippen LogP contribution >= 0.6 is 0 Å². The normalized spacial score (nSPS) is 12.6. The number of methoxy groups -OCH3 is 1. The summed E-state index contributed by atoms with van der Waals surface area (Å²) in [6.07, 6.45) is 3.56. The zero-order valence-electron chi connectivity index (χ0n) is 25.6. The van der Waals surface area contributed by atoms with Crippen molar-refractivity contribution in [3.8, 4) is 16.9 Å². The molecule has 0 amide bonds. The number of carbonyl (C=O) groups is 1. The molecule has 5 rings (SSSR count). The lowest BCUT2D eigenvalue weighted by Crippen LogP contribution is -2.28. The Morgan fingerprint density at radius 1 is 1.12 bits per heavy atom. The minimum Gasteiger partial charge on any atom is -0.496 e. The van der Waals surface area contributed by atoms with E-state index < -0.39 is 5.60 Å². The monoisotopic (exact) mass is 587 g/mol. The van der Waals surface area contributed by atoms with Crippen LogP contribution in [0.15, 0.2) is 52.0 Å². The Labute approximate surface area is 249 Å². The van der Waals surface area contributed by atoms with Gasteiger partial charge in [0.2, 0.25) is 0 Å². The highest BCUT2D eigenvalue weighted by molar-refractivity contribution is 6.05. The maximum Gasteiger partial charge on any atom is 0.329 e. The van der Waals surface area contributed by atoms with E-state index in [0.717, 1.165) is 27.9 Å². The topological polar surface area (TPSA) is 124 Å². The van der Waals surface area contributed by atoms with Crippen molar-refractivity contribution in [2.75, 3.05) is 20.3 Å². The van der Waals surface area contributed by atoms with Gasteiger partial charge in [0, 0.05) is 17.1 Å². The first kappa shape index (κ1) is 30.0. The third kappa shape index (κ3) is 6.03. The second-order valence-electron chi connectivity index (χ2n) is 11.4. The second kappa shape index (κ2) is 12.0. The standard InChI is InChI=1S/C32H37N5O6/c1-19-29(21(3)43-35-19)23-16-25-22(17-27(23)40-7)30-26(18-34-25)36(13-15-41-14-11-28(38)42-32(4,5)6)31(39)37(30)20(2)24-10-8-9-12-33-24/h8-10,12,16-18,20H,11,13-15H2,1-7H3/t20-/m1/s1. The molecule has 1 aromatic carbocycles. The fraction of sp³-hybridized carbons (Fsp3) is 0.406. The largest absolute Gasteiger partial charge is 0.496 e. The fourth-order valence-corrected chi connectivity index (χ4v) is 5.34. The molecule has 0 bridgehead atoms. The Morgan fingerprint density at radius 2 is 1.91 bits per heavy atom. The van der Waals surface area contributed by atoms with Crippen molar-refractivity contribution in [3.63, 3.8) is 0 Å². The van der Waals surface area contributed by atoms with Crippen molar-refractivity contribution in [1.29, 1.82) is 0 Å². The van der Waals surface area contributed by atoms with Crippen molar-refractivity contribution in [2.45, 2.75) is 66.2 Å². The number of rotatable bonds is 10. The van der Waals surface area contributed by atoms with E-state index in [4.69, 9.17) is 23.7 Å². The van der Waals surface area contributed by atoms with E-state index in [1.54, 1.807) is 28.6 Å². The van der Waals surface area contributed by atoms with Gasteiger partial charge in [0.25, 0.3) is 0 Å². The summed E-state index contributed by atoms with van der Waals surface area (Å²) in [6.45, 7) is 11.9. The Kier molecular flexibility index (Phi) is 8.36. The number of imidazole rings is 1. The molecule has 1 atom stereocenters. The summed E-state index contributed by atoms with van der Waals surface area (Å²) in [7, 11) is 1.61. The van der Waals surface area contributed by atoms with Crippen LogP contribution in [0.2, 0.25) is 0 Å². The molecule has 0 saturated heterocycles. The number of hydrogen-bond donors (Lipinski definition) is 0. The summed E-state index contributed by atoms with van der Waals surface area (Å²) in [5.74, 6) is 0.958. The van der Waals surface area contributed by atoms with Crippen LogP contribution in [0.5, 0.6) is 5.75 Å². The van der Waals surface area contributed by atoms with E-state index in [0.29, 0.717) is 28.1 Å². The third-order valence-corrected chi connectivity index (χ3v) is 7.25. The van der Waals surface area contributed by atoms with E-state index >= 15 is 0 Å². The van der Waals surface area contributed by atoms with Gasteiger partial charge in [-0.05, 0) is 65.8 Å². The second-order valence-corrected chi connectivity index (χ2v) is 11.4. The van der Waals surface area contributed by atoms with Gasteiger partial charge < -0.3 is 18.7 Å². The zero-order valence-corrected chi connectivity index (χ0v) is 25.6. The quantitative estimate of drug-likeness (QED) is 0.156. The van der Waals surface area contributed by atoms with Gasteiger partial charge in [-0.1, -0.05) is 11.2 Å². The number of pyridine rings is 2. The minimum atomic E-state index is -0.553. The third-order valence-electron chi connectivity index (χ3n) is 7.25. The number of aromatic nitrogens is 5. The molecule has 226 valence electrons. The molecule has 0 aliphatic heterocycles. The Morgan fingerprint density at radius 3 is 2.56 bits per heavy atom. The van der Waals surface area contributed by atoms with Crippen molar-refractivity contribution >= 4 is 27.9 Å². The maximum absolute atomic E-state index is 14.1. The van der Waals surface area contributed by atoms with Gasteiger partial charge in [-0.25, -0.2) is 4.79 Å². The molecule has 0 unspecified atom stereocenters. The van der Waals surface area contributed by atoms with E-state index in [1.807, 2.05) is 71.9 Å². The van der Waals surface area contributed by atoms with Crippen LogP contribution in [0.25, 0.3) is 33.1 Å². The minimum absolute atomic E-state index is 0.129. The summed E-state index contributed by atoms with van der Waals surface area (Å²) < 4.78 is 25.8. The van der Waals surface area contributed by atoms with Crippen LogP contribution in [0.3, 0.4) is 0 Å². The highest BCUT2D eigenvalue weighted by Crippen LogP contribution is 2.39. The number of ether oxygens (including phenoxy) is 3. The van der Waals surface area contributed by atoms with Crippen molar-refractivity contribution in [1.82, 2.24) is 24.3 Å². The highest BCUT2D eigenvalue weighted by Gasteiger charge is 2.24. The molecule has 4 heterocycles. The Hall–Kier alpha value is -4.51. The number of aryl methyl sites for hydroxylation is 2. The summed E-state index contributed by atoms with van der Waals surface area (Å²) in [6, 6.07) is 9.13. The van der Waals surface area contributed by atoms with Gasteiger partial charge in [0.1, 0.15) is 17.1 Å². The molecular formula is C32H37N5O6. The van der Waals surface area contributed by atoms with Crippen molar-refractivity contribution in [3.05, 3.63) is 70.4 Å². The molecule has 5 aromatic rings. The molecule has 0 saturated carbocycles. The zero-order chi connectivity index (χ0) is 30.9. The molecule has 0 fully saturated rings. The van der Waals surface area contributed by atoms with Crippen LogP contribution in [-0.4, -0.2) is 56.2 Å². The highest BCUT2D eigenvalue weighted by atomic mass is 16.6. The molecule has 43 heavy (non-hydrogen) atoms. The lowest BCUT2D eigenvalue weighted by molar-refractivity contribution is -0.156. The number of carbonyl (C=O) groups excluding carboxylic acids is 1. The summed E-state index contributed by atoms with van der Waals surface area (Å²) in [5.41, 5.74) is 4.44. The van der Waals surface area contributed by atoms with Crippen LogP contribution < -0.4 is 10.4 Å². The summed E-state index contributed by atoms with van der Waals surface area (Å²) in [5, 5.41) is 4.86. The predicted molar refractivity (Wildman–Crippen MR) is 162 cm³/mol. The van der Waals surface area contributed by atoms with E-state index in [9.17, 15) is 9.59 Å². The SMILES string of the molecule is COc1cc2c(cc1-c1c(C)noc1C)ncc1c2n([C@H](C)c2ccccn2)c(=O)n1CCOCCC(=O)OC(C)(C)C. The molecule has 0 aliphatic rings. The average molecular weight is 588 g/mol. The van der Waals surface area contributed by atoms with Gasteiger partial charge in [-0.15, -0.1) is 0 Å². The lowest BCUT2D eigenvalue weighted by Gasteiger charge is -2.19. The molecular weight excluding hydrogens is 550 g/mol. The molecule has 0 aliphatic carbocycles. The van der Waals surface area contributed by atoms with E-state index in [1.165, 1.54) is 0 Å². The Balaban J connectivity index is 1.57. The first-order chi connectivity index (χ1) is 20.5. The van der Waals surface area contributed by atoms with Crippen LogP contribution in [0.4, 0.5) is 0 Å². The van der Waals surface area contributed by atoms with Crippen LogP contribution in [-0.2, 0) is 20.8 Å². The molecule has 11 heteroatoms. The van der Waals surface area contributed by atoms with Gasteiger partial charge >= 0.3 is 11.7 Å². The first-order valence-corrected chi connectivity index (χ1v) is 14.3. The molecule has 0 radical (unpaired) electrons. The average Bonchev–Trinajstić information content (AvgIpc) is 3.45. The number of hydrogen-bond acceptors (Lipinski definition) is 9. The summed E-state index contributed by atoms with van der Waals surface area (Å²) >= 11 is 0. The number of benzene rings is 1. The smallest absolute Gasteiger partial charge is 0.329 e. The molecule has 0 spiro atoms. The maximum atomic E-state index is 14.1. The fourth-order valence-electron chi connectivity index (χ4n) is 5.34. The van der Waals surface area contributed by atoms with Gasteiger partial charge in [-0.3, -0.25) is 23.9 Å². The van der Waals surface area contributed by atoms with E-state index in [2.05, 4.69) is 10.1 Å². The predicted octanol–water partition coefficient (Wildman–Crippen LogP) is 5.38. The van der Waals surface area contributed by atoms with Gasteiger partial charge in [0.05, 0.1) is 79.0 Å². The van der Waals surface area contributed by atoms with Gasteiger partial charge in [0.15, 0.2) is 0 Å². The van der Waals surface area contributed by atoms with Crippen LogP contribution in [0.1, 0.15) is 57.3 Å². The molecule has 4 aromatic heterocycles. The number of nitrogens with zero attached hydrogens (tertiary/aromatic N) is 5. The first-order valence-electron chi connectivity index (χ1n) is 14.3. The van der Waals surface area contributed by atoms with Crippen molar-refractivity contribution in [2.24, 2.45) is 0 Å². The van der Waals surface area contributed by atoms with E-state index in [-0.39, 0.29) is 43.9 Å². The van der Waals surface area contributed by atoms with Gasteiger partial charge in [-0.2, -0.15) is 0 Å². The lowest BCUT2D eigenvalue weighted by atomic mass is 10.00.